The Morgan fingerprint density at radius 2 is 1.58 bits per heavy atom. The zero-order chi connectivity index (χ0) is 17.6. The fourth-order valence-corrected chi connectivity index (χ4v) is 2.46. The van der Waals surface area contributed by atoms with Gasteiger partial charge < -0.3 is 9.47 Å². The van der Waals surface area contributed by atoms with E-state index in [4.69, 9.17) is 9.47 Å². The van der Waals surface area contributed by atoms with Crippen LogP contribution in [-0.4, -0.2) is 19.2 Å². The minimum Gasteiger partial charge on any atom is -0.490 e. The first-order valence-corrected chi connectivity index (χ1v) is 9.18. The number of hydrogen-bond acceptors (Lipinski definition) is 3. The van der Waals surface area contributed by atoms with Crippen LogP contribution in [0.1, 0.15) is 64.4 Å². The lowest BCUT2D eigenvalue weighted by atomic mass is 10.0. The van der Waals surface area contributed by atoms with Crippen LogP contribution in [0.3, 0.4) is 0 Å². The van der Waals surface area contributed by atoms with Gasteiger partial charge in [0, 0.05) is 5.57 Å². The van der Waals surface area contributed by atoms with Gasteiger partial charge in [0.25, 0.3) is 0 Å². The number of benzene rings is 1. The Balaban J connectivity index is 2.12. The fourth-order valence-electron chi connectivity index (χ4n) is 2.46. The van der Waals surface area contributed by atoms with Gasteiger partial charge in [-0.25, -0.2) is 4.79 Å². The molecule has 0 unspecified atom stereocenters. The normalized spacial score (nSPS) is 10.4. The summed E-state index contributed by atoms with van der Waals surface area (Å²) in [5, 5.41) is 0. The minimum absolute atomic E-state index is 0.242. The van der Waals surface area contributed by atoms with Crippen molar-refractivity contribution in [1.29, 1.82) is 0 Å². The first-order chi connectivity index (χ1) is 11.6. The molecule has 0 saturated heterocycles. The van der Waals surface area contributed by atoms with Gasteiger partial charge in [-0.15, -0.1) is 0 Å². The van der Waals surface area contributed by atoms with E-state index in [0.717, 1.165) is 12.2 Å². The molecule has 0 aliphatic rings. The molecule has 1 aromatic rings. The summed E-state index contributed by atoms with van der Waals surface area (Å²) in [7, 11) is 0. The summed E-state index contributed by atoms with van der Waals surface area (Å²) in [6.07, 6.45) is 10.5. The number of carbonyl (C=O) groups is 1. The van der Waals surface area contributed by atoms with Gasteiger partial charge in [-0.05, 0) is 37.5 Å². The van der Waals surface area contributed by atoms with Crippen molar-refractivity contribution in [2.75, 3.05) is 13.2 Å². The lowest BCUT2D eigenvalue weighted by Crippen LogP contribution is -2.12. The van der Waals surface area contributed by atoms with Gasteiger partial charge in [-0.2, -0.15) is 0 Å². The van der Waals surface area contributed by atoms with Crippen molar-refractivity contribution < 1.29 is 14.3 Å². The Hall–Kier alpha value is -1.77. The summed E-state index contributed by atoms with van der Waals surface area (Å²) in [6, 6.07) is 8.20. The minimum atomic E-state index is -0.372. The summed E-state index contributed by atoms with van der Waals surface area (Å²) in [5.74, 6) is 0.438. The number of unbranched alkanes of at least 4 members (excludes halogenated alkanes) is 6. The van der Waals surface area contributed by atoms with E-state index in [2.05, 4.69) is 25.6 Å². The van der Waals surface area contributed by atoms with Crippen molar-refractivity contribution in [2.24, 2.45) is 0 Å². The Kier molecular flexibility index (Phi) is 10.7. The molecule has 0 saturated carbocycles. The first kappa shape index (κ1) is 20.3. The molecule has 3 heteroatoms. The maximum Gasteiger partial charge on any atom is 0.333 e. The van der Waals surface area contributed by atoms with Crippen LogP contribution in [0.2, 0.25) is 0 Å². The quantitative estimate of drug-likeness (QED) is 0.273. The molecule has 0 heterocycles. The van der Waals surface area contributed by atoms with Crippen LogP contribution in [0.15, 0.2) is 36.4 Å². The van der Waals surface area contributed by atoms with Crippen LogP contribution in [-0.2, 0) is 16.0 Å². The highest BCUT2D eigenvalue weighted by Crippen LogP contribution is 2.15. The molecule has 1 rings (SSSR count). The summed E-state index contributed by atoms with van der Waals surface area (Å²) in [6.45, 7) is 8.02. The smallest absolute Gasteiger partial charge is 0.333 e. The molecule has 0 N–H and O–H groups in total. The predicted octanol–water partition coefficient (Wildman–Crippen LogP) is 5.48. The number of rotatable bonds is 13. The summed E-state index contributed by atoms with van der Waals surface area (Å²) >= 11 is 0. The standard InChI is InChI=1S/C21H32O3/c1-4-5-6-7-8-9-10-11-19-12-14-20(15-13-19)23-16-17-24-21(22)18(2)3/h12-15H,2,4-11,16-17H2,1,3H3. The van der Waals surface area contributed by atoms with E-state index in [1.165, 1.54) is 50.5 Å². The second-order valence-electron chi connectivity index (χ2n) is 6.28. The van der Waals surface area contributed by atoms with E-state index in [0.29, 0.717) is 12.2 Å². The van der Waals surface area contributed by atoms with Crippen LogP contribution in [0.5, 0.6) is 5.75 Å². The third kappa shape index (κ3) is 9.39. The van der Waals surface area contributed by atoms with Crippen LogP contribution < -0.4 is 4.74 Å². The summed E-state index contributed by atoms with van der Waals surface area (Å²) in [4.78, 5) is 11.2. The van der Waals surface area contributed by atoms with Crippen LogP contribution in [0.4, 0.5) is 0 Å². The fraction of sp³-hybridized carbons (Fsp3) is 0.571. The highest BCUT2D eigenvalue weighted by molar-refractivity contribution is 5.86. The molecule has 1 aromatic carbocycles. The van der Waals surface area contributed by atoms with Gasteiger partial charge in [-0.3, -0.25) is 0 Å². The van der Waals surface area contributed by atoms with E-state index in [-0.39, 0.29) is 12.6 Å². The second kappa shape index (κ2) is 12.6. The lowest BCUT2D eigenvalue weighted by molar-refractivity contribution is -0.139. The first-order valence-electron chi connectivity index (χ1n) is 9.18. The molecule has 3 nitrogen and oxygen atoms in total. The van der Waals surface area contributed by atoms with E-state index >= 15 is 0 Å². The third-order valence-corrected chi connectivity index (χ3v) is 3.93. The molecule has 0 atom stereocenters. The van der Waals surface area contributed by atoms with Crippen molar-refractivity contribution in [3.05, 3.63) is 42.0 Å². The van der Waals surface area contributed by atoms with Crippen LogP contribution >= 0.6 is 0 Å². The molecule has 0 aliphatic carbocycles. The van der Waals surface area contributed by atoms with Gasteiger partial charge in [-0.1, -0.05) is 64.2 Å². The average Bonchev–Trinajstić information content (AvgIpc) is 2.58. The molecule has 24 heavy (non-hydrogen) atoms. The molecule has 0 fully saturated rings. The van der Waals surface area contributed by atoms with Crippen molar-refractivity contribution in [3.8, 4) is 5.75 Å². The molecule has 0 aliphatic heterocycles. The monoisotopic (exact) mass is 332 g/mol. The second-order valence-corrected chi connectivity index (χ2v) is 6.28. The van der Waals surface area contributed by atoms with Crippen LogP contribution in [0, 0.1) is 0 Å². The highest BCUT2D eigenvalue weighted by atomic mass is 16.6. The largest absolute Gasteiger partial charge is 0.490 e. The summed E-state index contributed by atoms with van der Waals surface area (Å²) in [5.41, 5.74) is 1.76. The van der Waals surface area contributed by atoms with E-state index < -0.39 is 0 Å². The SMILES string of the molecule is C=C(C)C(=O)OCCOc1ccc(CCCCCCCCC)cc1. The van der Waals surface area contributed by atoms with Crippen molar-refractivity contribution in [1.82, 2.24) is 0 Å². The molecular weight excluding hydrogens is 300 g/mol. The number of hydrogen-bond donors (Lipinski definition) is 0. The maximum absolute atomic E-state index is 11.2. The molecular formula is C21H32O3. The Bertz CT molecular complexity index is 476. The molecule has 0 aromatic heterocycles. The number of ether oxygens (including phenoxy) is 2. The van der Waals surface area contributed by atoms with E-state index in [1.807, 2.05) is 12.1 Å². The topological polar surface area (TPSA) is 35.5 Å². The molecule has 0 radical (unpaired) electrons. The van der Waals surface area contributed by atoms with E-state index in [9.17, 15) is 4.79 Å². The third-order valence-electron chi connectivity index (χ3n) is 3.93. The molecule has 0 amide bonds. The zero-order valence-corrected chi connectivity index (χ0v) is 15.3. The number of carbonyl (C=O) groups excluding carboxylic acids is 1. The Morgan fingerprint density at radius 1 is 0.958 bits per heavy atom. The highest BCUT2D eigenvalue weighted by Gasteiger charge is 2.02. The van der Waals surface area contributed by atoms with E-state index in [1.54, 1.807) is 6.92 Å². The van der Waals surface area contributed by atoms with Crippen LogP contribution in [0.25, 0.3) is 0 Å². The van der Waals surface area contributed by atoms with Crippen molar-refractivity contribution >= 4 is 5.97 Å². The lowest BCUT2D eigenvalue weighted by Gasteiger charge is -2.08. The molecule has 0 spiro atoms. The summed E-state index contributed by atoms with van der Waals surface area (Å²) < 4.78 is 10.6. The van der Waals surface area contributed by atoms with Crippen molar-refractivity contribution in [2.45, 2.75) is 65.2 Å². The van der Waals surface area contributed by atoms with Gasteiger partial charge in [0.1, 0.15) is 19.0 Å². The Morgan fingerprint density at radius 3 is 2.21 bits per heavy atom. The van der Waals surface area contributed by atoms with Gasteiger partial charge in [0.05, 0.1) is 0 Å². The average molecular weight is 332 g/mol. The molecule has 0 bridgehead atoms. The zero-order valence-electron chi connectivity index (χ0n) is 15.3. The number of esters is 1. The number of aryl methyl sites for hydroxylation is 1. The van der Waals surface area contributed by atoms with Gasteiger partial charge in [0.2, 0.25) is 0 Å². The maximum atomic E-state index is 11.2. The Labute approximate surface area is 147 Å². The predicted molar refractivity (Wildman–Crippen MR) is 99.4 cm³/mol. The van der Waals surface area contributed by atoms with Gasteiger partial charge in [0.15, 0.2) is 0 Å². The van der Waals surface area contributed by atoms with Crippen molar-refractivity contribution in [3.63, 3.8) is 0 Å². The van der Waals surface area contributed by atoms with Gasteiger partial charge >= 0.3 is 5.97 Å². The molecule has 134 valence electrons.